The lowest BCUT2D eigenvalue weighted by Crippen LogP contribution is -2.26. The van der Waals surface area contributed by atoms with Crippen LogP contribution in [0.3, 0.4) is 0 Å². The molecule has 6 nitrogen and oxygen atoms in total. The van der Waals surface area contributed by atoms with Crippen molar-refractivity contribution < 1.29 is 28.3 Å². The van der Waals surface area contributed by atoms with Crippen molar-refractivity contribution in [1.82, 2.24) is 0 Å². The predicted molar refractivity (Wildman–Crippen MR) is 142 cm³/mol. The number of phosphoric ester groups is 1. The zero-order valence-electron chi connectivity index (χ0n) is 22.5. The first kappa shape index (κ1) is 34.0. The fraction of sp³-hybridized carbons (Fsp3) is 1.00. The monoisotopic (exact) mass is 508 g/mol. The second-order valence-corrected chi connectivity index (χ2v) is 11.0. The molecule has 0 saturated heterocycles. The fourth-order valence-electron chi connectivity index (χ4n) is 4.07. The summed E-state index contributed by atoms with van der Waals surface area (Å²) in [6.45, 7) is 5.91. The summed E-state index contributed by atoms with van der Waals surface area (Å²) >= 11 is 0. The van der Waals surface area contributed by atoms with Crippen LogP contribution in [0.1, 0.15) is 142 Å². The molecule has 0 rings (SSSR count). The van der Waals surface area contributed by atoms with Crippen LogP contribution in [0, 0.1) is 0 Å². The molecule has 0 heterocycles. The zero-order chi connectivity index (χ0) is 25.2. The van der Waals surface area contributed by atoms with Crippen molar-refractivity contribution in [3.63, 3.8) is 0 Å². The van der Waals surface area contributed by atoms with Gasteiger partial charge in [0, 0.05) is 13.2 Å². The van der Waals surface area contributed by atoms with Gasteiger partial charge in [0.1, 0.15) is 6.10 Å². The molecule has 0 radical (unpaired) electrons. The lowest BCUT2D eigenvalue weighted by molar-refractivity contribution is -0.0429. The Morgan fingerprint density at radius 3 is 1.35 bits per heavy atom. The molecule has 0 bridgehead atoms. The molecule has 0 spiro atoms. The molecule has 0 aromatic carbocycles. The minimum Gasteiger partial charge on any atom is -0.379 e. The van der Waals surface area contributed by atoms with Gasteiger partial charge >= 0.3 is 7.82 Å². The normalized spacial score (nSPS) is 12.9. The maximum absolute atomic E-state index is 11.0. The van der Waals surface area contributed by atoms with E-state index >= 15 is 0 Å². The van der Waals surface area contributed by atoms with E-state index in [2.05, 4.69) is 18.4 Å². The van der Waals surface area contributed by atoms with Crippen LogP contribution in [0.15, 0.2) is 0 Å². The van der Waals surface area contributed by atoms with Crippen LogP contribution in [0.25, 0.3) is 0 Å². The van der Waals surface area contributed by atoms with Gasteiger partial charge in [-0.05, 0) is 12.8 Å². The van der Waals surface area contributed by atoms with Gasteiger partial charge in [-0.1, -0.05) is 129 Å². The minimum absolute atomic E-state index is 0.139. The fourth-order valence-corrected chi connectivity index (χ4v) is 4.43. The highest BCUT2D eigenvalue weighted by Crippen LogP contribution is 2.35. The smallest absolute Gasteiger partial charge is 0.379 e. The number of phosphoric acid groups is 1. The Balaban J connectivity index is 3.73. The molecule has 0 aromatic heterocycles. The third kappa shape index (κ3) is 28.3. The van der Waals surface area contributed by atoms with E-state index in [4.69, 9.17) is 19.3 Å². The van der Waals surface area contributed by atoms with Crippen LogP contribution in [0.4, 0.5) is 0 Å². The summed E-state index contributed by atoms with van der Waals surface area (Å²) in [4.78, 5) is 18.0. The van der Waals surface area contributed by atoms with Crippen LogP contribution in [0.2, 0.25) is 0 Å². The van der Waals surface area contributed by atoms with Crippen molar-refractivity contribution in [2.75, 3.05) is 26.4 Å². The Kier molecular flexibility index (Phi) is 26.1. The summed E-state index contributed by atoms with van der Waals surface area (Å²) in [6.07, 6.45) is 25.0. The van der Waals surface area contributed by atoms with Crippen LogP contribution < -0.4 is 0 Å². The molecule has 34 heavy (non-hydrogen) atoms. The van der Waals surface area contributed by atoms with Gasteiger partial charge in [-0.3, -0.25) is 4.52 Å². The largest absolute Gasteiger partial charge is 0.469 e. The summed E-state index contributed by atoms with van der Waals surface area (Å²) in [7, 11) is -4.49. The van der Waals surface area contributed by atoms with E-state index in [1.54, 1.807) is 0 Å². The van der Waals surface area contributed by atoms with E-state index in [0.29, 0.717) is 19.8 Å². The van der Waals surface area contributed by atoms with Crippen molar-refractivity contribution >= 4 is 7.82 Å². The Hall–Kier alpha value is 0.0300. The van der Waals surface area contributed by atoms with E-state index in [1.165, 1.54) is 103 Å². The first-order valence-corrected chi connectivity index (χ1v) is 15.9. The van der Waals surface area contributed by atoms with Crippen molar-refractivity contribution in [2.24, 2.45) is 0 Å². The Bertz CT molecular complexity index is 443. The number of hydrogen-bond acceptors (Lipinski definition) is 4. The average molecular weight is 509 g/mol. The molecule has 0 unspecified atom stereocenters. The van der Waals surface area contributed by atoms with Gasteiger partial charge in [-0.25, -0.2) is 4.57 Å². The summed E-state index contributed by atoms with van der Waals surface area (Å²) in [6, 6.07) is 0. The molecule has 0 aliphatic heterocycles. The van der Waals surface area contributed by atoms with Crippen molar-refractivity contribution in [3.8, 4) is 0 Å². The Morgan fingerprint density at radius 2 is 0.941 bits per heavy atom. The SMILES string of the molecule is CCCCCCCCCCCCOC[C@H](COP(=O)(O)O)OCCCCCCCCCCCC. The Morgan fingerprint density at radius 1 is 0.559 bits per heavy atom. The summed E-state index contributed by atoms with van der Waals surface area (Å²) in [5.74, 6) is 0. The van der Waals surface area contributed by atoms with Gasteiger partial charge in [0.15, 0.2) is 0 Å². The van der Waals surface area contributed by atoms with Gasteiger partial charge in [0.05, 0.1) is 13.2 Å². The average Bonchev–Trinajstić information content (AvgIpc) is 2.80. The first-order chi connectivity index (χ1) is 16.5. The van der Waals surface area contributed by atoms with Crippen LogP contribution in [0.5, 0.6) is 0 Å². The van der Waals surface area contributed by atoms with Gasteiger partial charge in [-0.15, -0.1) is 0 Å². The van der Waals surface area contributed by atoms with Crippen molar-refractivity contribution in [2.45, 2.75) is 148 Å². The molecule has 1 atom stereocenters. The maximum atomic E-state index is 11.0. The highest BCUT2D eigenvalue weighted by Gasteiger charge is 2.19. The second-order valence-electron chi connectivity index (χ2n) is 9.72. The lowest BCUT2D eigenvalue weighted by atomic mass is 10.1. The molecule has 0 amide bonds. The molecule has 206 valence electrons. The summed E-state index contributed by atoms with van der Waals surface area (Å²) < 4.78 is 27.2. The van der Waals surface area contributed by atoms with Crippen LogP contribution in [-0.2, 0) is 18.6 Å². The second kappa shape index (κ2) is 26.1. The van der Waals surface area contributed by atoms with Crippen LogP contribution in [-0.4, -0.2) is 42.3 Å². The quantitative estimate of drug-likeness (QED) is 0.0816. The summed E-state index contributed by atoms with van der Waals surface area (Å²) in [5, 5.41) is 0. The molecule has 0 aliphatic carbocycles. The van der Waals surface area contributed by atoms with E-state index in [-0.39, 0.29) is 6.61 Å². The number of rotatable bonds is 28. The lowest BCUT2D eigenvalue weighted by Gasteiger charge is -2.18. The van der Waals surface area contributed by atoms with E-state index in [1.807, 2.05) is 0 Å². The minimum atomic E-state index is -4.49. The van der Waals surface area contributed by atoms with Gasteiger partial charge in [0.2, 0.25) is 0 Å². The molecular formula is C27H57O6P. The van der Waals surface area contributed by atoms with Gasteiger partial charge in [-0.2, -0.15) is 0 Å². The third-order valence-electron chi connectivity index (χ3n) is 6.23. The number of unbranched alkanes of at least 4 members (excludes halogenated alkanes) is 18. The van der Waals surface area contributed by atoms with Crippen molar-refractivity contribution in [3.05, 3.63) is 0 Å². The molecule has 0 aliphatic rings. The highest BCUT2D eigenvalue weighted by atomic mass is 31.2. The zero-order valence-corrected chi connectivity index (χ0v) is 23.4. The van der Waals surface area contributed by atoms with Crippen LogP contribution >= 0.6 is 7.82 Å². The van der Waals surface area contributed by atoms with E-state index in [0.717, 1.165) is 25.7 Å². The number of hydrogen-bond donors (Lipinski definition) is 2. The topological polar surface area (TPSA) is 85.2 Å². The maximum Gasteiger partial charge on any atom is 0.469 e. The first-order valence-electron chi connectivity index (χ1n) is 14.4. The molecule has 0 saturated carbocycles. The standard InChI is InChI=1S/C27H57O6P/c1-3-5-7-9-11-13-15-17-19-21-23-31-25-27(26-33-34(28,29)30)32-24-22-20-18-16-14-12-10-8-6-4-2/h27H,3-26H2,1-2H3,(H2,28,29,30)/t27-/m1/s1. The van der Waals surface area contributed by atoms with E-state index < -0.39 is 13.9 Å². The molecule has 0 fully saturated rings. The molecule has 2 N–H and O–H groups in total. The summed E-state index contributed by atoms with van der Waals surface area (Å²) in [5.41, 5.74) is 0. The third-order valence-corrected chi connectivity index (χ3v) is 6.71. The van der Waals surface area contributed by atoms with Crippen molar-refractivity contribution in [1.29, 1.82) is 0 Å². The highest BCUT2D eigenvalue weighted by molar-refractivity contribution is 7.46. The number of ether oxygens (including phenoxy) is 2. The van der Waals surface area contributed by atoms with E-state index in [9.17, 15) is 4.57 Å². The van der Waals surface area contributed by atoms with Gasteiger partial charge in [0.25, 0.3) is 0 Å². The molecule has 7 heteroatoms. The molecule has 0 aromatic rings. The predicted octanol–water partition coefficient (Wildman–Crippen LogP) is 8.34. The molecular weight excluding hydrogens is 451 g/mol. The van der Waals surface area contributed by atoms with Gasteiger partial charge < -0.3 is 19.3 Å². The Labute approximate surface area is 211 Å².